The molecule has 6 heteroatoms. The van der Waals surface area contributed by atoms with Crippen molar-refractivity contribution in [3.63, 3.8) is 0 Å². The molecule has 0 aliphatic rings. The number of rotatable bonds is 7. The van der Waals surface area contributed by atoms with Crippen LogP contribution in [0.15, 0.2) is 66.7 Å². The standard InChI is InChI=1S/C22H19F2NO2S/c1-26-21-12-17(22(28)25-13-15-2-7-18(23)8-3-15)6-11-20(21)27-14-16-4-9-19(24)10-5-16/h2-12H,13-14H2,1H3,(H,25,28). The number of benzene rings is 3. The summed E-state index contributed by atoms with van der Waals surface area (Å²) in [5, 5.41) is 3.15. The molecule has 0 unspecified atom stereocenters. The summed E-state index contributed by atoms with van der Waals surface area (Å²) >= 11 is 5.43. The van der Waals surface area contributed by atoms with Crippen LogP contribution < -0.4 is 14.8 Å². The molecule has 0 atom stereocenters. The number of hydrogen-bond donors (Lipinski definition) is 1. The van der Waals surface area contributed by atoms with Crippen LogP contribution in [0.4, 0.5) is 8.78 Å². The Morgan fingerprint density at radius 3 is 2.07 bits per heavy atom. The Labute approximate surface area is 167 Å². The molecule has 144 valence electrons. The molecule has 0 heterocycles. The van der Waals surface area contributed by atoms with Crippen molar-refractivity contribution in [3.05, 3.63) is 95.1 Å². The maximum absolute atomic E-state index is 13.0. The second-order valence-corrected chi connectivity index (χ2v) is 6.50. The van der Waals surface area contributed by atoms with Crippen LogP contribution in [0.2, 0.25) is 0 Å². The van der Waals surface area contributed by atoms with Crippen molar-refractivity contribution in [1.82, 2.24) is 5.32 Å². The van der Waals surface area contributed by atoms with Crippen LogP contribution in [-0.2, 0) is 13.2 Å². The molecule has 0 saturated heterocycles. The summed E-state index contributed by atoms with van der Waals surface area (Å²) in [6, 6.07) is 17.8. The lowest BCUT2D eigenvalue weighted by Crippen LogP contribution is -2.21. The van der Waals surface area contributed by atoms with Gasteiger partial charge in [0.25, 0.3) is 0 Å². The Bertz CT molecular complexity index is 944. The average molecular weight is 399 g/mol. The molecule has 3 aromatic rings. The summed E-state index contributed by atoms with van der Waals surface area (Å²) in [5.74, 6) is 0.557. The fraction of sp³-hybridized carbons (Fsp3) is 0.136. The summed E-state index contributed by atoms with van der Waals surface area (Å²) in [4.78, 5) is 0.549. The first-order chi connectivity index (χ1) is 13.5. The summed E-state index contributed by atoms with van der Waals surface area (Å²) in [6.45, 7) is 0.785. The normalized spacial score (nSPS) is 10.4. The van der Waals surface area contributed by atoms with Gasteiger partial charge in [0.1, 0.15) is 23.2 Å². The quantitative estimate of drug-likeness (QED) is 0.566. The van der Waals surface area contributed by atoms with Crippen molar-refractivity contribution in [2.24, 2.45) is 0 Å². The van der Waals surface area contributed by atoms with Crippen molar-refractivity contribution in [2.75, 3.05) is 7.11 Å². The molecule has 0 fully saturated rings. The molecule has 0 spiro atoms. The first kappa shape index (κ1) is 19.8. The number of hydrogen-bond acceptors (Lipinski definition) is 3. The Hall–Kier alpha value is -2.99. The zero-order chi connectivity index (χ0) is 19.9. The first-order valence-corrected chi connectivity index (χ1v) is 9.04. The zero-order valence-electron chi connectivity index (χ0n) is 15.2. The number of methoxy groups -OCH3 is 1. The summed E-state index contributed by atoms with van der Waals surface area (Å²) in [6.07, 6.45) is 0. The van der Waals surface area contributed by atoms with Crippen LogP contribution in [0, 0.1) is 11.6 Å². The van der Waals surface area contributed by atoms with Crippen molar-refractivity contribution >= 4 is 17.2 Å². The van der Waals surface area contributed by atoms with E-state index in [1.165, 1.54) is 24.3 Å². The van der Waals surface area contributed by atoms with Crippen LogP contribution in [0.25, 0.3) is 0 Å². The van der Waals surface area contributed by atoms with Gasteiger partial charge < -0.3 is 14.8 Å². The van der Waals surface area contributed by atoms with Crippen LogP contribution in [0.5, 0.6) is 11.5 Å². The molecule has 0 radical (unpaired) electrons. The number of nitrogens with one attached hydrogen (secondary N) is 1. The van der Waals surface area contributed by atoms with Gasteiger partial charge in [0.05, 0.1) is 7.11 Å². The number of thiocarbonyl (C=S) groups is 1. The van der Waals surface area contributed by atoms with Crippen LogP contribution in [-0.4, -0.2) is 12.1 Å². The van der Waals surface area contributed by atoms with Gasteiger partial charge in [-0.2, -0.15) is 0 Å². The fourth-order valence-corrected chi connectivity index (χ4v) is 2.76. The SMILES string of the molecule is COc1cc(C(=S)NCc2ccc(F)cc2)ccc1OCc1ccc(F)cc1. The van der Waals surface area contributed by atoms with Gasteiger partial charge in [-0.25, -0.2) is 8.78 Å². The highest BCUT2D eigenvalue weighted by molar-refractivity contribution is 7.80. The van der Waals surface area contributed by atoms with E-state index in [1.54, 1.807) is 43.5 Å². The molecule has 0 amide bonds. The predicted octanol–water partition coefficient (Wildman–Crippen LogP) is 5.02. The van der Waals surface area contributed by atoms with E-state index in [0.717, 1.165) is 16.7 Å². The van der Waals surface area contributed by atoms with E-state index in [0.29, 0.717) is 29.6 Å². The predicted molar refractivity (Wildman–Crippen MR) is 109 cm³/mol. The van der Waals surface area contributed by atoms with E-state index in [9.17, 15) is 8.78 Å². The lowest BCUT2D eigenvalue weighted by molar-refractivity contribution is 0.284. The molecule has 0 aromatic heterocycles. The molecular formula is C22H19F2NO2S. The molecule has 0 saturated carbocycles. The van der Waals surface area contributed by atoms with Gasteiger partial charge in [0, 0.05) is 12.1 Å². The van der Waals surface area contributed by atoms with Gasteiger partial charge in [0.15, 0.2) is 11.5 Å². The van der Waals surface area contributed by atoms with E-state index >= 15 is 0 Å². The molecular weight excluding hydrogens is 380 g/mol. The summed E-state index contributed by atoms with van der Waals surface area (Å²) in [5.41, 5.74) is 2.56. The monoisotopic (exact) mass is 399 g/mol. The van der Waals surface area contributed by atoms with E-state index in [1.807, 2.05) is 6.07 Å². The Morgan fingerprint density at radius 2 is 1.46 bits per heavy atom. The third-order valence-corrected chi connectivity index (χ3v) is 4.48. The highest BCUT2D eigenvalue weighted by atomic mass is 32.1. The van der Waals surface area contributed by atoms with Gasteiger partial charge in [-0.15, -0.1) is 0 Å². The minimum Gasteiger partial charge on any atom is -0.493 e. The maximum atomic E-state index is 13.0. The summed E-state index contributed by atoms with van der Waals surface area (Å²) < 4.78 is 37.1. The highest BCUT2D eigenvalue weighted by Gasteiger charge is 2.09. The van der Waals surface area contributed by atoms with Crippen molar-refractivity contribution < 1.29 is 18.3 Å². The van der Waals surface area contributed by atoms with Gasteiger partial charge in [-0.1, -0.05) is 36.5 Å². The Morgan fingerprint density at radius 1 is 0.857 bits per heavy atom. The molecule has 0 bridgehead atoms. The summed E-state index contributed by atoms with van der Waals surface area (Å²) in [7, 11) is 1.55. The molecule has 0 aliphatic carbocycles. The molecule has 0 aliphatic heterocycles. The molecule has 3 rings (SSSR count). The molecule has 3 nitrogen and oxygen atoms in total. The van der Waals surface area contributed by atoms with Gasteiger partial charge >= 0.3 is 0 Å². The van der Waals surface area contributed by atoms with Crippen LogP contribution in [0.1, 0.15) is 16.7 Å². The fourth-order valence-electron chi connectivity index (χ4n) is 2.56. The second-order valence-electron chi connectivity index (χ2n) is 6.09. The first-order valence-electron chi connectivity index (χ1n) is 8.63. The van der Waals surface area contributed by atoms with E-state index in [-0.39, 0.29) is 11.6 Å². The largest absolute Gasteiger partial charge is 0.493 e. The lowest BCUT2D eigenvalue weighted by Gasteiger charge is -2.14. The average Bonchev–Trinajstić information content (AvgIpc) is 2.72. The smallest absolute Gasteiger partial charge is 0.161 e. The van der Waals surface area contributed by atoms with Gasteiger partial charge in [0.2, 0.25) is 0 Å². The van der Waals surface area contributed by atoms with E-state index < -0.39 is 0 Å². The van der Waals surface area contributed by atoms with Crippen molar-refractivity contribution in [1.29, 1.82) is 0 Å². The number of ether oxygens (including phenoxy) is 2. The third-order valence-electron chi connectivity index (χ3n) is 4.10. The second kappa shape index (κ2) is 9.28. The number of halogens is 2. The molecule has 28 heavy (non-hydrogen) atoms. The minimum atomic E-state index is -0.285. The third kappa shape index (κ3) is 5.27. The Balaban J connectivity index is 1.63. The maximum Gasteiger partial charge on any atom is 0.161 e. The van der Waals surface area contributed by atoms with E-state index in [4.69, 9.17) is 21.7 Å². The Kier molecular flexibility index (Phi) is 6.55. The zero-order valence-corrected chi connectivity index (χ0v) is 16.1. The minimum absolute atomic E-state index is 0.271. The molecule has 3 aromatic carbocycles. The van der Waals surface area contributed by atoms with Crippen LogP contribution >= 0.6 is 12.2 Å². The molecule has 1 N–H and O–H groups in total. The van der Waals surface area contributed by atoms with E-state index in [2.05, 4.69) is 5.32 Å². The highest BCUT2D eigenvalue weighted by Crippen LogP contribution is 2.29. The van der Waals surface area contributed by atoms with Gasteiger partial charge in [-0.3, -0.25) is 0 Å². The lowest BCUT2D eigenvalue weighted by atomic mass is 10.1. The topological polar surface area (TPSA) is 30.5 Å². The van der Waals surface area contributed by atoms with Crippen molar-refractivity contribution in [3.8, 4) is 11.5 Å². The van der Waals surface area contributed by atoms with Crippen LogP contribution in [0.3, 0.4) is 0 Å². The van der Waals surface area contributed by atoms with Gasteiger partial charge in [-0.05, 0) is 53.6 Å². The van der Waals surface area contributed by atoms with Crippen molar-refractivity contribution in [2.45, 2.75) is 13.2 Å².